The summed E-state index contributed by atoms with van der Waals surface area (Å²) in [6.07, 6.45) is 4.74. The lowest BCUT2D eigenvalue weighted by molar-refractivity contribution is -0.115. The van der Waals surface area contributed by atoms with Gasteiger partial charge in [0.05, 0.1) is 21.9 Å². The summed E-state index contributed by atoms with van der Waals surface area (Å²) in [4.78, 5) is 21.7. The van der Waals surface area contributed by atoms with Gasteiger partial charge < -0.3 is 5.32 Å². The number of carbonyl (C=O) groups excluding carboxylic acids is 1. The summed E-state index contributed by atoms with van der Waals surface area (Å²) in [6, 6.07) is 16.6. The summed E-state index contributed by atoms with van der Waals surface area (Å²) in [7, 11) is -3.08. The first-order valence-electron chi connectivity index (χ1n) is 8.77. The molecule has 29 heavy (non-hydrogen) atoms. The molecule has 0 radical (unpaired) electrons. The Morgan fingerprint density at radius 1 is 1.10 bits per heavy atom. The Labute approximate surface area is 172 Å². The monoisotopic (exact) mass is 423 g/mol. The number of rotatable bonds is 4. The van der Waals surface area contributed by atoms with Crippen molar-refractivity contribution in [1.82, 2.24) is 10.3 Å². The number of amidine groups is 1. The van der Waals surface area contributed by atoms with E-state index in [2.05, 4.69) is 15.3 Å². The summed E-state index contributed by atoms with van der Waals surface area (Å²) in [6.45, 7) is 0. The maximum atomic E-state index is 12.4. The predicted molar refractivity (Wildman–Crippen MR) is 118 cm³/mol. The summed E-state index contributed by atoms with van der Waals surface area (Å²) in [5, 5.41) is 4.25. The van der Waals surface area contributed by atoms with Gasteiger partial charge in [0.2, 0.25) is 0 Å². The van der Waals surface area contributed by atoms with Crippen LogP contribution in [0.25, 0.3) is 17.0 Å². The molecule has 0 atom stereocenters. The molecular weight excluding hydrogens is 406 g/mol. The molecule has 6 nitrogen and oxygen atoms in total. The van der Waals surface area contributed by atoms with Crippen molar-refractivity contribution >= 4 is 55.3 Å². The highest BCUT2D eigenvalue weighted by Gasteiger charge is 2.24. The maximum absolute atomic E-state index is 12.4. The number of para-hydroxylation sites is 1. The van der Waals surface area contributed by atoms with Crippen LogP contribution in [-0.2, 0) is 20.4 Å². The molecule has 1 aliphatic rings. The fraction of sp³-hybridized carbons (Fsp3) is 0.0952. The van der Waals surface area contributed by atoms with Gasteiger partial charge in [0.25, 0.3) is 5.91 Å². The van der Waals surface area contributed by atoms with E-state index in [-0.39, 0.29) is 11.7 Å². The fourth-order valence-corrected chi connectivity index (χ4v) is 4.58. The molecule has 0 saturated carbocycles. The van der Waals surface area contributed by atoms with Crippen molar-refractivity contribution in [3.8, 4) is 0 Å². The van der Waals surface area contributed by atoms with Crippen LogP contribution in [0.15, 0.2) is 70.7 Å². The lowest BCUT2D eigenvalue weighted by Crippen LogP contribution is -2.19. The lowest BCUT2D eigenvalue weighted by atomic mass is 10.1. The first kappa shape index (κ1) is 19.4. The van der Waals surface area contributed by atoms with Crippen LogP contribution in [0.4, 0.5) is 5.69 Å². The van der Waals surface area contributed by atoms with E-state index in [0.29, 0.717) is 21.3 Å². The molecule has 1 N–H and O–H groups in total. The Balaban J connectivity index is 1.57. The highest BCUT2D eigenvalue weighted by atomic mass is 32.2. The number of carbonyl (C=O) groups is 1. The molecule has 1 fully saturated rings. The highest BCUT2D eigenvalue weighted by molar-refractivity contribution is 8.18. The Morgan fingerprint density at radius 3 is 2.62 bits per heavy atom. The maximum Gasteiger partial charge on any atom is 0.264 e. The van der Waals surface area contributed by atoms with E-state index >= 15 is 0 Å². The van der Waals surface area contributed by atoms with Gasteiger partial charge in [-0.3, -0.25) is 9.78 Å². The zero-order valence-electron chi connectivity index (χ0n) is 15.5. The molecule has 8 heteroatoms. The van der Waals surface area contributed by atoms with Crippen molar-refractivity contribution in [1.29, 1.82) is 0 Å². The topological polar surface area (TPSA) is 88.5 Å². The van der Waals surface area contributed by atoms with E-state index in [9.17, 15) is 13.2 Å². The summed E-state index contributed by atoms with van der Waals surface area (Å²) < 4.78 is 22.8. The second-order valence-corrected chi connectivity index (χ2v) is 9.81. The van der Waals surface area contributed by atoms with Gasteiger partial charge in [0.1, 0.15) is 0 Å². The summed E-state index contributed by atoms with van der Waals surface area (Å²) >= 11 is 1.26. The third-order valence-electron chi connectivity index (χ3n) is 4.20. The standard InChI is InChI=1S/C21H17N3O3S2/c1-29(26,27)13-14-7-9-17(10-8-14)23-21-24-20(25)18(28-21)12-16-5-2-4-15-6-3-11-22-19(15)16/h2-12H,13H2,1H3,(H,23,24,25). The average molecular weight is 424 g/mol. The lowest BCUT2D eigenvalue weighted by Gasteiger charge is -2.01. The summed E-state index contributed by atoms with van der Waals surface area (Å²) in [5.74, 6) is -0.225. The Kier molecular flexibility index (Phi) is 5.21. The number of aliphatic imine (C=N–C) groups is 1. The van der Waals surface area contributed by atoms with E-state index < -0.39 is 9.84 Å². The van der Waals surface area contributed by atoms with Crippen LogP contribution in [-0.4, -0.2) is 30.7 Å². The third kappa shape index (κ3) is 4.72. The molecule has 0 spiro atoms. The quantitative estimate of drug-likeness (QED) is 0.647. The minimum absolute atomic E-state index is 0.0126. The highest BCUT2D eigenvalue weighted by Crippen LogP contribution is 2.29. The molecular formula is C21H17N3O3S2. The second kappa shape index (κ2) is 7.81. The van der Waals surface area contributed by atoms with Crippen LogP contribution in [0.3, 0.4) is 0 Å². The van der Waals surface area contributed by atoms with E-state index in [4.69, 9.17) is 0 Å². The van der Waals surface area contributed by atoms with Crippen molar-refractivity contribution in [3.05, 3.63) is 76.8 Å². The van der Waals surface area contributed by atoms with Gasteiger partial charge in [-0.1, -0.05) is 36.4 Å². The van der Waals surface area contributed by atoms with E-state index in [1.54, 1.807) is 30.5 Å². The van der Waals surface area contributed by atoms with Crippen LogP contribution in [0.1, 0.15) is 11.1 Å². The molecule has 0 unspecified atom stereocenters. The van der Waals surface area contributed by atoms with Gasteiger partial charge >= 0.3 is 0 Å². The Hall–Kier alpha value is -2.97. The number of amides is 1. The fourth-order valence-electron chi connectivity index (χ4n) is 2.95. The summed E-state index contributed by atoms with van der Waals surface area (Å²) in [5.41, 5.74) is 3.04. The van der Waals surface area contributed by atoms with Gasteiger partial charge in [0, 0.05) is 23.4 Å². The number of pyridine rings is 1. The molecule has 146 valence electrons. The largest absolute Gasteiger partial charge is 0.300 e. The van der Waals surface area contributed by atoms with Gasteiger partial charge in [-0.15, -0.1) is 0 Å². The van der Waals surface area contributed by atoms with E-state index in [1.165, 1.54) is 18.0 Å². The van der Waals surface area contributed by atoms with Gasteiger partial charge in [0.15, 0.2) is 15.0 Å². The SMILES string of the molecule is CS(=O)(=O)Cc1ccc(N=C2NC(=O)C(=Cc3cccc4cccnc34)S2)cc1. The van der Waals surface area contributed by atoms with Crippen LogP contribution in [0, 0.1) is 0 Å². The molecule has 2 heterocycles. The number of sulfone groups is 1. The smallest absolute Gasteiger partial charge is 0.264 e. The van der Waals surface area contributed by atoms with Crippen molar-refractivity contribution in [2.75, 3.05) is 6.26 Å². The number of thioether (sulfide) groups is 1. The number of nitrogens with zero attached hydrogens (tertiary/aromatic N) is 2. The second-order valence-electron chi connectivity index (χ2n) is 6.64. The normalized spacial score (nSPS) is 17.2. The number of hydrogen-bond donors (Lipinski definition) is 1. The van der Waals surface area contributed by atoms with E-state index in [0.717, 1.165) is 16.5 Å². The number of fused-ring (bicyclic) bond motifs is 1. The first-order valence-corrected chi connectivity index (χ1v) is 11.7. The molecule has 4 rings (SSSR count). The van der Waals surface area contributed by atoms with Gasteiger partial charge in [-0.2, -0.15) is 0 Å². The zero-order chi connectivity index (χ0) is 20.4. The molecule has 0 aliphatic carbocycles. The minimum atomic E-state index is -3.08. The van der Waals surface area contributed by atoms with Crippen LogP contribution >= 0.6 is 11.8 Å². The average Bonchev–Trinajstić information content (AvgIpc) is 3.01. The Bertz CT molecular complexity index is 1260. The molecule has 1 aromatic heterocycles. The molecule has 1 amide bonds. The predicted octanol–water partition coefficient (Wildman–Crippen LogP) is 3.67. The number of hydrogen-bond acceptors (Lipinski definition) is 6. The van der Waals surface area contributed by atoms with Crippen LogP contribution in [0.5, 0.6) is 0 Å². The number of aromatic nitrogens is 1. The molecule has 3 aromatic rings. The van der Waals surface area contributed by atoms with Crippen LogP contribution in [0.2, 0.25) is 0 Å². The third-order valence-corrected chi connectivity index (χ3v) is 5.96. The van der Waals surface area contributed by atoms with Gasteiger partial charge in [-0.05, 0) is 41.6 Å². The van der Waals surface area contributed by atoms with E-state index in [1.807, 2.05) is 36.4 Å². The van der Waals surface area contributed by atoms with Crippen molar-refractivity contribution in [3.63, 3.8) is 0 Å². The van der Waals surface area contributed by atoms with Crippen molar-refractivity contribution < 1.29 is 13.2 Å². The Morgan fingerprint density at radius 2 is 1.86 bits per heavy atom. The van der Waals surface area contributed by atoms with Crippen molar-refractivity contribution in [2.24, 2.45) is 4.99 Å². The minimum Gasteiger partial charge on any atom is -0.300 e. The van der Waals surface area contributed by atoms with Crippen LogP contribution < -0.4 is 5.32 Å². The van der Waals surface area contributed by atoms with Crippen molar-refractivity contribution in [2.45, 2.75) is 5.75 Å². The molecule has 0 bridgehead atoms. The molecule has 2 aromatic carbocycles. The number of benzene rings is 2. The zero-order valence-corrected chi connectivity index (χ0v) is 17.1. The molecule has 1 aliphatic heterocycles. The van der Waals surface area contributed by atoms with Gasteiger partial charge in [-0.25, -0.2) is 13.4 Å². The molecule has 1 saturated heterocycles. The number of nitrogens with one attached hydrogen (secondary N) is 1. The first-order chi connectivity index (χ1) is 13.9.